The number of allylic oxidation sites excluding steroid dienone is 1. The molecule has 1 fully saturated rings. The third-order valence-corrected chi connectivity index (χ3v) is 11.2. The summed E-state index contributed by atoms with van der Waals surface area (Å²) in [7, 11) is 0. The Bertz CT molecular complexity index is 3160. The summed E-state index contributed by atoms with van der Waals surface area (Å²) < 4.78 is 86.2. The molecule has 3 aromatic heterocycles. The van der Waals surface area contributed by atoms with Crippen molar-refractivity contribution in [3.05, 3.63) is 184 Å². The van der Waals surface area contributed by atoms with Crippen LogP contribution in [0.15, 0.2) is 156 Å². The van der Waals surface area contributed by atoms with E-state index in [2.05, 4.69) is 25.9 Å². The summed E-state index contributed by atoms with van der Waals surface area (Å²) in [5.74, 6) is -0.0277. The monoisotopic (exact) mass is 986 g/mol. The first-order chi connectivity index (χ1) is 34.6. The van der Waals surface area contributed by atoms with Crippen molar-refractivity contribution in [2.75, 3.05) is 53.2 Å². The van der Waals surface area contributed by atoms with E-state index in [1.54, 1.807) is 113 Å². The van der Waals surface area contributed by atoms with E-state index in [0.717, 1.165) is 6.07 Å². The summed E-state index contributed by atoms with van der Waals surface area (Å²) in [6.07, 6.45) is -8.78. The Morgan fingerprint density at radius 1 is 0.694 bits per heavy atom. The van der Waals surface area contributed by atoms with Gasteiger partial charge in [0.15, 0.2) is 16.9 Å². The number of piperazine rings is 1. The number of carbonyl (C=O) groups is 2. The number of benzene rings is 4. The predicted octanol–water partition coefficient (Wildman–Crippen LogP) is 11.2. The third-order valence-electron chi connectivity index (χ3n) is 11.2. The van der Waals surface area contributed by atoms with Crippen molar-refractivity contribution in [1.82, 2.24) is 24.8 Å². The van der Waals surface area contributed by atoms with Crippen molar-refractivity contribution in [3.63, 3.8) is 0 Å². The van der Waals surface area contributed by atoms with Crippen molar-refractivity contribution in [2.24, 2.45) is 0 Å². The van der Waals surface area contributed by atoms with Gasteiger partial charge in [-0.2, -0.15) is 31.6 Å². The fourth-order valence-electron chi connectivity index (χ4n) is 8.07. The molecule has 9 rings (SSSR count). The average molecular weight is 987 g/mol. The van der Waals surface area contributed by atoms with Crippen LogP contribution in [-0.4, -0.2) is 64.0 Å². The lowest BCUT2D eigenvalue weighted by Gasteiger charge is -2.35. The van der Waals surface area contributed by atoms with Crippen LogP contribution >= 0.6 is 0 Å². The first-order valence-corrected chi connectivity index (χ1v) is 22.9. The number of halogens is 6. The molecular weight excluding hydrogens is 939 g/mol. The van der Waals surface area contributed by atoms with Gasteiger partial charge in [0.2, 0.25) is 0 Å². The van der Waals surface area contributed by atoms with Gasteiger partial charge in [-0.25, -0.2) is 14.8 Å². The van der Waals surface area contributed by atoms with Gasteiger partial charge in [0.05, 0.1) is 16.5 Å². The van der Waals surface area contributed by atoms with E-state index in [1.165, 1.54) is 21.6 Å². The van der Waals surface area contributed by atoms with Crippen LogP contribution in [0.4, 0.5) is 65.7 Å². The van der Waals surface area contributed by atoms with Gasteiger partial charge in [-0.3, -0.25) is 19.1 Å². The highest BCUT2D eigenvalue weighted by Crippen LogP contribution is 2.42. The molecule has 2 amide bonds. The number of amides is 2. The summed E-state index contributed by atoms with van der Waals surface area (Å²) in [6.45, 7) is 7.55. The van der Waals surface area contributed by atoms with Crippen LogP contribution in [-0.2, 0) is 23.6 Å². The van der Waals surface area contributed by atoms with E-state index in [1.807, 2.05) is 45.0 Å². The van der Waals surface area contributed by atoms with Gasteiger partial charge < -0.3 is 25.8 Å². The lowest BCUT2D eigenvalue weighted by Crippen LogP contribution is -2.52. The number of aromatic nitrogens is 3. The zero-order valence-corrected chi connectivity index (χ0v) is 39.2. The van der Waals surface area contributed by atoms with Gasteiger partial charge in [0.25, 0.3) is 0 Å². The first-order valence-electron chi connectivity index (χ1n) is 22.9. The normalized spacial score (nSPS) is 13.5. The highest BCUT2D eigenvalue weighted by atomic mass is 19.4. The zero-order valence-electron chi connectivity index (χ0n) is 39.2. The minimum atomic E-state index is -4.79. The average Bonchev–Trinajstić information content (AvgIpc) is 3.52. The summed E-state index contributed by atoms with van der Waals surface area (Å²) in [4.78, 5) is 51.7. The van der Waals surface area contributed by atoms with Gasteiger partial charge in [0.1, 0.15) is 35.0 Å². The quantitative estimate of drug-likeness (QED) is 0.126. The number of alkyl halides is 6. The summed E-state index contributed by atoms with van der Waals surface area (Å²) in [5.41, 5.74) is -1.32. The first kappa shape index (κ1) is 51.2. The standard InChI is InChI=1S/C28H27F3N6O2.C23H15F3N4O.C2H6/c1-2-32-27(39)36-15-13-35(14-16-36)23-17-21(28(29,30)31)25-22(38)18-24(33-19-9-5-3-6-10-19)37(26(25)34-23)20-11-7-4-8-12-20;24-23(25,26)20-11-16(14-27)29-22-19(20)12-18(31)13-21(28-15-7-3-1-4-8-15)30(22)17-9-5-2-6-10-17;1-2/h3-12,17-18,33H,2,13-16H2,1H3,(H,32,39);1-11,13,28H,12H2;1-2H3. The molecule has 72 heavy (non-hydrogen) atoms. The number of nitrogens with zero attached hydrogens (tertiary/aromatic N) is 7. The molecule has 19 heteroatoms. The number of nitriles is 1. The molecule has 4 aromatic carbocycles. The van der Waals surface area contributed by atoms with Crippen LogP contribution in [0, 0.1) is 11.3 Å². The maximum Gasteiger partial charge on any atom is 0.417 e. The molecule has 2 aliphatic heterocycles. The maximum absolute atomic E-state index is 14.4. The maximum atomic E-state index is 14.4. The van der Waals surface area contributed by atoms with Crippen LogP contribution < -0.4 is 31.2 Å². The molecule has 3 N–H and O–H groups in total. The van der Waals surface area contributed by atoms with E-state index >= 15 is 0 Å². The van der Waals surface area contributed by atoms with E-state index in [0.29, 0.717) is 61.5 Å². The Kier molecular flexibility index (Phi) is 15.9. The number of nitrogens with one attached hydrogen (secondary N) is 3. The molecule has 0 saturated carbocycles. The minimum Gasteiger partial charge on any atom is -0.353 e. The summed E-state index contributed by atoms with van der Waals surface area (Å²) >= 11 is 0. The Hall–Kier alpha value is -8.66. The lowest BCUT2D eigenvalue weighted by molar-refractivity contribution is -0.138. The van der Waals surface area contributed by atoms with Crippen molar-refractivity contribution in [1.29, 1.82) is 5.26 Å². The highest BCUT2D eigenvalue weighted by Gasteiger charge is 2.39. The molecule has 0 bridgehead atoms. The Balaban J connectivity index is 0.000000209. The number of urea groups is 1. The van der Waals surface area contributed by atoms with E-state index in [4.69, 9.17) is 0 Å². The SMILES string of the molecule is CC.CCNC(=O)N1CCN(c2cc(C(F)(F)F)c3c(=O)cc(Nc4ccccc4)n(-c4ccccc4)c3n2)CC1.N#Cc1cc(C(F)(F)F)c2c(n1)N(c1ccccc1)C(Nc1ccccc1)=CC(=O)C2. The third kappa shape index (κ3) is 11.7. The molecule has 0 spiro atoms. The molecule has 370 valence electrons. The molecule has 0 aliphatic carbocycles. The molecular formula is C53H48F6N10O3. The Morgan fingerprint density at radius 3 is 1.78 bits per heavy atom. The molecule has 1 saturated heterocycles. The number of hydrogen-bond donors (Lipinski definition) is 3. The van der Waals surface area contributed by atoms with Gasteiger partial charge in [0, 0.05) is 79.6 Å². The number of anilines is 6. The molecule has 0 atom stereocenters. The van der Waals surface area contributed by atoms with E-state index in [9.17, 15) is 46.0 Å². The number of fused-ring (bicyclic) bond motifs is 2. The van der Waals surface area contributed by atoms with Gasteiger partial charge in [-0.1, -0.05) is 86.6 Å². The molecule has 0 radical (unpaired) electrons. The Labute approximate surface area is 410 Å². The van der Waals surface area contributed by atoms with Crippen LogP contribution in [0.1, 0.15) is 43.2 Å². The van der Waals surface area contributed by atoms with Gasteiger partial charge in [-0.15, -0.1) is 0 Å². The highest BCUT2D eigenvalue weighted by molar-refractivity contribution is 5.97. The van der Waals surface area contributed by atoms with Crippen molar-refractivity contribution >= 4 is 57.4 Å². The Morgan fingerprint density at radius 2 is 1.24 bits per heavy atom. The number of ketones is 1. The molecule has 13 nitrogen and oxygen atoms in total. The fraction of sp³-hybridized carbons (Fsp3) is 0.208. The zero-order chi connectivity index (χ0) is 51.6. The number of pyridine rings is 3. The minimum absolute atomic E-state index is 0.0892. The number of hydrogen-bond acceptors (Lipinski definition) is 10. The lowest BCUT2D eigenvalue weighted by atomic mass is 10.0. The molecule has 7 aromatic rings. The number of rotatable bonds is 8. The molecule has 0 unspecified atom stereocenters. The second-order valence-corrected chi connectivity index (χ2v) is 15.9. The molecule has 2 aliphatic rings. The largest absolute Gasteiger partial charge is 0.417 e. The van der Waals surface area contributed by atoms with Crippen LogP contribution in [0.2, 0.25) is 0 Å². The van der Waals surface area contributed by atoms with Crippen LogP contribution in [0.5, 0.6) is 0 Å². The fourth-order valence-corrected chi connectivity index (χ4v) is 8.07. The second kappa shape index (κ2) is 22.4. The number of carbonyl (C=O) groups excluding carboxylic acids is 2. The summed E-state index contributed by atoms with van der Waals surface area (Å²) in [6, 6.07) is 39.6. The van der Waals surface area contributed by atoms with Crippen molar-refractivity contribution < 1.29 is 35.9 Å². The van der Waals surface area contributed by atoms with Crippen molar-refractivity contribution in [3.8, 4) is 11.8 Å². The second-order valence-electron chi connectivity index (χ2n) is 15.9. The van der Waals surface area contributed by atoms with E-state index in [-0.39, 0.29) is 46.2 Å². The van der Waals surface area contributed by atoms with Crippen molar-refractivity contribution in [2.45, 2.75) is 39.5 Å². The number of para-hydroxylation sites is 4. The van der Waals surface area contributed by atoms with Gasteiger partial charge in [-0.05, 0) is 67.6 Å². The van der Waals surface area contributed by atoms with E-state index < -0.39 is 46.5 Å². The summed E-state index contributed by atoms with van der Waals surface area (Å²) in [5, 5.41) is 17.8. The topological polar surface area (TPSA) is 152 Å². The molecule has 5 heterocycles. The van der Waals surface area contributed by atoms with Gasteiger partial charge >= 0.3 is 18.4 Å². The predicted molar refractivity (Wildman–Crippen MR) is 266 cm³/mol. The van der Waals surface area contributed by atoms with Crippen LogP contribution in [0.3, 0.4) is 0 Å². The van der Waals surface area contributed by atoms with Crippen LogP contribution in [0.25, 0.3) is 16.7 Å². The smallest absolute Gasteiger partial charge is 0.353 e.